The molecule has 1 amide bonds. The topological polar surface area (TPSA) is 88.3 Å². The van der Waals surface area contributed by atoms with Crippen LogP contribution < -0.4 is 10.7 Å². The van der Waals surface area contributed by atoms with Gasteiger partial charge in [0.1, 0.15) is 5.56 Å². The molecule has 1 heterocycles. The number of ether oxygens (including phenoxy) is 1. The van der Waals surface area contributed by atoms with E-state index in [9.17, 15) is 14.4 Å². The highest BCUT2D eigenvalue weighted by molar-refractivity contribution is 8.00. The van der Waals surface area contributed by atoms with Gasteiger partial charge in [0.25, 0.3) is 0 Å². The molecule has 0 radical (unpaired) electrons. The number of esters is 1. The fourth-order valence-corrected chi connectivity index (χ4v) is 3.50. The van der Waals surface area contributed by atoms with Crippen molar-refractivity contribution in [1.29, 1.82) is 0 Å². The summed E-state index contributed by atoms with van der Waals surface area (Å²) in [6.45, 7) is 1.90. The molecule has 0 unspecified atom stereocenters. The standard InChI is InChI=1S/C20H18N2O4S/c1-12-7-3-5-9-14(12)21-16(23)11-27-19-17(20(25)26-2)18(24)13-8-4-6-10-15(13)22-19/h3-10H,11H2,1-2H3,(H,21,23)(H,22,24). The van der Waals surface area contributed by atoms with Crippen molar-refractivity contribution in [2.45, 2.75) is 11.9 Å². The summed E-state index contributed by atoms with van der Waals surface area (Å²) in [5.41, 5.74) is 1.76. The monoisotopic (exact) mass is 382 g/mol. The van der Waals surface area contributed by atoms with E-state index in [1.54, 1.807) is 24.3 Å². The predicted octanol–water partition coefficient (Wildman–Crippen LogP) is 3.35. The van der Waals surface area contributed by atoms with E-state index in [0.29, 0.717) is 15.9 Å². The Morgan fingerprint density at radius 1 is 1.11 bits per heavy atom. The fourth-order valence-electron chi connectivity index (χ4n) is 2.65. The summed E-state index contributed by atoms with van der Waals surface area (Å²) in [7, 11) is 1.22. The van der Waals surface area contributed by atoms with Gasteiger partial charge in [-0.05, 0) is 30.7 Å². The van der Waals surface area contributed by atoms with Crippen molar-refractivity contribution in [1.82, 2.24) is 4.98 Å². The molecule has 0 saturated carbocycles. The number of methoxy groups -OCH3 is 1. The first-order valence-corrected chi connectivity index (χ1v) is 9.21. The van der Waals surface area contributed by atoms with E-state index in [2.05, 4.69) is 10.3 Å². The van der Waals surface area contributed by atoms with E-state index >= 15 is 0 Å². The van der Waals surface area contributed by atoms with Crippen LogP contribution in [-0.4, -0.2) is 29.7 Å². The van der Waals surface area contributed by atoms with Gasteiger partial charge in [0, 0.05) is 11.1 Å². The maximum Gasteiger partial charge on any atom is 0.344 e. The number of hydrogen-bond acceptors (Lipinski definition) is 5. The number of thioether (sulfide) groups is 1. The van der Waals surface area contributed by atoms with Crippen molar-refractivity contribution < 1.29 is 14.3 Å². The second-order valence-corrected chi connectivity index (χ2v) is 6.83. The summed E-state index contributed by atoms with van der Waals surface area (Å²) in [5, 5.41) is 3.53. The normalized spacial score (nSPS) is 10.6. The zero-order chi connectivity index (χ0) is 19.4. The Labute approximate surface area is 159 Å². The van der Waals surface area contributed by atoms with Crippen molar-refractivity contribution in [3.05, 3.63) is 69.9 Å². The molecule has 138 valence electrons. The number of pyridine rings is 1. The average molecular weight is 382 g/mol. The van der Waals surface area contributed by atoms with Gasteiger partial charge in [-0.3, -0.25) is 9.59 Å². The smallest absolute Gasteiger partial charge is 0.344 e. The predicted molar refractivity (Wildman–Crippen MR) is 106 cm³/mol. The van der Waals surface area contributed by atoms with Crippen LogP contribution in [0.25, 0.3) is 10.9 Å². The molecular formula is C20H18N2O4S. The SMILES string of the molecule is COC(=O)c1c(SCC(=O)Nc2ccccc2C)[nH]c2ccccc2c1=O. The summed E-state index contributed by atoms with van der Waals surface area (Å²) < 4.78 is 4.75. The molecule has 0 saturated heterocycles. The Hall–Kier alpha value is -3.06. The van der Waals surface area contributed by atoms with Gasteiger partial charge in [0.2, 0.25) is 11.3 Å². The molecule has 3 rings (SSSR count). The van der Waals surface area contributed by atoms with E-state index in [1.165, 1.54) is 7.11 Å². The summed E-state index contributed by atoms with van der Waals surface area (Å²) in [6, 6.07) is 14.3. The maximum absolute atomic E-state index is 12.7. The van der Waals surface area contributed by atoms with Crippen molar-refractivity contribution in [3.63, 3.8) is 0 Å². The van der Waals surface area contributed by atoms with Gasteiger partial charge in [-0.15, -0.1) is 0 Å². The summed E-state index contributed by atoms with van der Waals surface area (Å²) in [6.07, 6.45) is 0. The number of rotatable bonds is 5. The lowest BCUT2D eigenvalue weighted by Crippen LogP contribution is -2.20. The molecule has 6 nitrogen and oxygen atoms in total. The molecule has 0 spiro atoms. The van der Waals surface area contributed by atoms with Crippen molar-refractivity contribution in [2.24, 2.45) is 0 Å². The minimum absolute atomic E-state index is 0.0343. The van der Waals surface area contributed by atoms with Crippen LogP contribution in [0.5, 0.6) is 0 Å². The number of carbonyl (C=O) groups is 2. The van der Waals surface area contributed by atoms with Crippen LogP contribution >= 0.6 is 11.8 Å². The van der Waals surface area contributed by atoms with E-state index in [1.807, 2.05) is 31.2 Å². The maximum atomic E-state index is 12.7. The number of nitrogens with one attached hydrogen (secondary N) is 2. The molecule has 0 atom stereocenters. The Balaban J connectivity index is 1.87. The molecule has 27 heavy (non-hydrogen) atoms. The van der Waals surface area contributed by atoms with Gasteiger partial charge < -0.3 is 15.0 Å². The number of hydrogen-bond donors (Lipinski definition) is 2. The molecule has 0 aliphatic rings. The third-order valence-corrected chi connectivity index (χ3v) is 5.03. The zero-order valence-electron chi connectivity index (χ0n) is 14.9. The molecule has 0 bridgehead atoms. The lowest BCUT2D eigenvalue weighted by Gasteiger charge is -2.11. The number of amides is 1. The van der Waals surface area contributed by atoms with Crippen LogP contribution in [0.3, 0.4) is 0 Å². The third kappa shape index (κ3) is 4.03. The number of para-hydroxylation sites is 2. The van der Waals surface area contributed by atoms with Crippen molar-refractivity contribution in [2.75, 3.05) is 18.2 Å². The highest BCUT2D eigenvalue weighted by Crippen LogP contribution is 2.23. The number of aryl methyl sites for hydroxylation is 1. The van der Waals surface area contributed by atoms with Crippen LogP contribution in [0.4, 0.5) is 5.69 Å². The molecular weight excluding hydrogens is 364 g/mol. The van der Waals surface area contributed by atoms with Crippen LogP contribution in [0.1, 0.15) is 15.9 Å². The zero-order valence-corrected chi connectivity index (χ0v) is 15.7. The van der Waals surface area contributed by atoms with Gasteiger partial charge in [0.05, 0.1) is 23.4 Å². The number of carbonyl (C=O) groups excluding carboxylic acids is 2. The number of anilines is 1. The summed E-state index contributed by atoms with van der Waals surface area (Å²) in [5.74, 6) is -0.935. The Morgan fingerprint density at radius 2 is 1.81 bits per heavy atom. The second-order valence-electron chi connectivity index (χ2n) is 5.85. The number of benzene rings is 2. The van der Waals surface area contributed by atoms with Crippen LogP contribution in [0, 0.1) is 6.92 Å². The van der Waals surface area contributed by atoms with Gasteiger partial charge in [0.15, 0.2) is 0 Å². The molecule has 7 heteroatoms. The lowest BCUT2D eigenvalue weighted by atomic mass is 10.1. The fraction of sp³-hybridized carbons (Fsp3) is 0.150. The molecule has 0 aliphatic heterocycles. The van der Waals surface area contributed by atoms with Crippen LogP contribution in [0.2, 0.25) is 0 Å². The first-order chi connectivity index (χ1) is 13.0. The van der Waals surface area contributed by atoms with Crippen molar-refractivity contribution >= 4 is 40.2 Å². The quantitative estimate of drug-likeness (QED) is 0.522. The molecule has 2 N–H and O–H groups in total. The number of fused-ring (bicyclic) bond motifs is 1. The number of aromatic amines is 1. The highest BCUT2D eigenvalue weighted by atomic mass is 32.2. The van der Waals surface area contributed by atoms with Gasteiger partial charge in [-0.25, -0.2) is 4.79 Å². The second kappa shape index (κ2) is 8.09. The Kier molecular flexibility index (Phi) is 5.61. The molecule has 1 aromatic heterocycles. The molecule has 2 aromatic carbocycles. The van der Waals surface area contributed by atoms with Gasteiger partial charge in [-0.1, -0.05) is 42.1 Å². The Bertz CT molecular complexity index is 1080. The largest absolute Gasteiger partial charge is 0.465 e. The molecule has 0 aliphatic carbocycles. The molecule has 0 fully saturated rings. The Morgan fingerprint density at radius 3 is 2.56 bits per heavy atom. The molecule has 3 aromatic rings. The van der Waals surface area contributed by atoms with E-state index in [-0.39, 0.29) is 17.2 Å². The lowest BCUT2D eigenvalue weighted by molar-refractivity contribution is -0.113. The summed E-state index contributed by atoms with van der Waals surface area (Å²) in [4.78, 5) is 40.2. The van der Waals surface area contributed by atoms with Crippen LogP contribution in [-0.2, 0) is 9.53 Å². The number of aromatic nitrogens is 1. The minimum Gasteiger partial charge on any atom is -0.465 e. The van der Waals surface area contributed by atoms with Crippen molar-refractivity contribution in [3.8, 4) is 0 Å². The van der Waals surface area contributed by atoms with E-state index in [0.717, 1.165) is 23.0 Å². The summed E-state index contributed by atoms with van der Waals surface area (Å²) >= 11 is 1.08. The average Bonchev–Trinajstić information content (AvgIpc) is 2.68. The van der Waals surface area contributed by atoms with Crippen LogP contribution in [0.15, 0.2) is 58.4 Å². The first kappa shape index (κ1) is 18.7. The van der Waals surface area contributed by atoms with Gasteiger partial charge in [-0.2, -0.15) is 0 Å². The van der Waals surface area contributed by atoms with Gasteiger partial charge >= 0.3 is 5.97 Å². The first-order valence-electron chi connectivity index (χ1n) is 8.23. The van der Waals surface area contributed by atoms with E-state index in [4.69, 9.17) is 4.74 Å². The van der Waals surface area contributed by atoms with E-state index < -0.39 is 11.4 Å². The number of H-pyrrole nitrogens is 1. The third-order valence-electron chi connectivity index (χ3n) is 4.03. The highest BCUT2D eigenvalue weighted by Gasteiger charge is 2.20. The minimum atomic E-state index is -0.733.